The number of rotatable bonds is 5. The monoisotopic (exact) mass is 360 g/mol. The van der Waals surface area contributed by atoms with Crippen molar-refractivity contribution in [3.05, 3.63) is 97.1 Å². The molecule has 2 heterocycles. The minimum atomic E-state index is -0.715. The molecule has 2 aromatic carbocycles. The molecule has 0 atom stereocenters. The summed E-state index contributed by atoms with van der Waals surface area (Å²) in [6.45, 7) is 0. The molecule has 26 heavy (non-hydrogen) atoms. The van der Waals surface area contributed by atoms with E-state index in [1.165, 1.54) is 10.6 Å². The molecule has 5 heteroatoms. The van der Waals surface area contributed by atoms with E-state index in [4.69, 9.17) is 9.97 Å². The highest BCUT2D eigenvalue weighted by molar-refractivity contribution is 7.73. The SMILES string of the molecule is Cn1ccnc1C(c1nccn1C)P(c1ccccc1)c1ccccc1. The Morgan fingerprint density at radius 3 is 1.46 bits per heavy atom. The van der Waals surface area contributed by atoms with Crippen molar-refractivity contribution in [3.8, 4) is 0 Å². The Kier molecular flexibility index (Phi) is 4.68. The van der Waals surface area contributed by atoms with E-state index in [9.17, 15) is 0 Å². The highest BCUT2D eigenvalue weighted by Crippen LogP contribution is 2.51. The molecule has 130 valence electrons. The molecule has 0 unspecified atom stereocenters. The van der Waals surface area contributed by atoms with Crippen molar-refractivity contribution in [3.63, 3.8) is 0 Å². The molecule has 0 radical (unpaired) electrons. The zero-order valence-corrected chi connectivity index (χ0v) is 15.8. The Morgan fingerprint density at radius 2 is 1.12 bits per heavy atom. The molecular formula is C21H21N4P. The maximum absolute atomic E-state index is 4.71. The molecule has 0 aliphatic carbocycles. The van der Waals surface area contributed by atoms with Gasteiger partial charge in [0.25, 0.3) is 0 Å². The van der Waals surface area contributed by atoms with Gasteiger partial charge in [0.2, 0.25) is 0 Å². The van der Waals surface area contributed by atoms with E-state index in [2.05, 4.69) is 83.9 Å². The number of nitrogens with zero attached hydrogens (tertiary/aromatic N) is 4. The highest BCUT2D eigenvalue weighted by atomic mass is 31.1. The maximum Gasteiger partial charge on any atom is 0.124 e. The zero-order valence-electron chi connectivity index (χ0n) is 14.9. The lowest BCUT2D eigenvalue weighted by Gasteiger charge is -2.28. The third-order valence-electron chi connectivity index (χ3n) is 4.53. The Labute approximate surface area is 154 Å². The second-order valence-corrected chi connectivity index (χ2v) is 8.53. The summed E-state index contributed by atoms with van der Waals surface area (Å²) in [6, 6.07) is 21.5. The van der Waals surface area contributed by atoms with Gasteiger partial charge in [-0.2, -0.15) is 0 Å². The van der Waals surface area contributed by atoms with Crippen molar-refractivity contribution in [2.75, 3.05) is 0 Å². The predicted octanol–water partition coefficient (Wildman–Crippen LogP) is 3.38. The smallest absolute Gasteiger partial charge is 0.124 e. The van der Waals surface area contributed by atoms with Crippen molar-refractivity contribution in [2.24, 2.45) is 14.1 Å². The fourth-order valence-electron chi connectivity index (χ4n) is 3.25. The summed E-state index contributed by atoms with van der Waals surface area (Å²) in [6.07, 6.45) is 7.76. The second kappa shape index (κ2) is 7.27. The largest absolute Gasteiger partial charge is 0.337 e. The van der Waals surface area contributed by atoms with Crippen LogP contribution in [0.25, 0.3) is 0 Å². The quantitative estimate of drug-likeness (QED) is 0.512. The van der Waals surface area contributed by atoms with Crippen LogP contribution in [0.15, 0.2) is 85.5 Å². The molecule has 0 bridgehead atoms. The van der Waals surface area contributed by atoms with Gasteiger partial charge in [0.05, 0.1) is 0 Å². The molecule has 4 aromatic rings. The van der Waals surface area contributed by atoms with Gasteiger partial charge in [-0.1, -0.05) is 60.7 Å². The van der Waals surface area contributed by atoms with Crippen LogP contribution in [-0.2, 0) is 14.1 Å². The Hall–Kier alpha value is -2.71. The summed E-state index contributed by atoms with van der Waals surface area (Å²) < 4.78 is 4.22. The van der Waals surface area contributed by atoms with Crippen molar-refractivity contribution < 1.29 is 0 Å². The van der Waals surface area contributed by atoms with E-state index >= 15 is 0 Å². The fourth-order valence-corrected chi connectivity index (χ4v) is 6.09. The molecule has 0 amide bonds. The summed E-state index contributed by atoms with van der Waals surface area (Å²) in [5.41, 5.74) is 0.0785. The van der Waals surface area contributed by atoms with Crippen molar-refractivity contribution in [1.82, 2.24) is 19.1 Å². The van der Waals surface area contributed by atoms with Crippen molar-refractivity contribution in [2.45, 2.75) is 5.66 Å². The van der Waals surface area contributed by atoms with Crippen molar-refractivity contribution in [1.29, 1.82) is 0 Å². The molecule has 0 saturated heterocycles. The van der Waals surface area contributed by atoms with Crippen LogP contribution in [0.2, 0.25) is 0 Å². The molecule has 0 aliphatic heterocycles. The first kappa shape index (κ1) is 16.7. The van der Waals surface area contributed by atoms with Gasteiger partial charge in [-0.05, 0) is 18.5 Å². The molecule has 2 aromatic heterocycles. The lowest BCUT2D eigenvalue weighted by atomic mass is 10.3. The van der Waals surface area contributed by atoms with Gasteiger partial charge in [-0.3, -0.25) is 0 Å². The van der Waals surface area contributed by atoms with Crippen LogP contribution in [-0.4, -0.2) is 19.1 Å². The van der Waals surface area contributed by atoms with E-state index in [0.717, 1.165) is 11.6 Å². The minimum absolute atomic E-state index is 0.0785. The zero-order chi connectivity index (χ0) is 17.9. The van der Waals surface area contributed by atoms with Crippen LogP contribution in [0.5, 0.6) is 0 Å². The first-order valence-corrected chi connectivity index (χ1v) is 10.0. The summed E-state index contributed by atoms with van der Waals surface area (Å²) in [4.78, 5) is 9.42. The van der Waals surface area contributed by atoms with E-state index in [0.29, 0.717) is 0 Å². The van der Waals surface area contributed by atoms with Gasteiger partial charge in [0, 0.05) is 38.9 Å². The predicted molar refractivity (Wildman–Crippen MR) is 107 cm³/mol. The lowest BCUT2D eigenvalue weighted by molar-refractivity contribution is 0.742. The van der Waals surface area contributed by atoms with Crippen LogP contribution < -0.4 is 10.6 Å². The number of imidazole rings is 2. The van der Waals surface area contributed by atoms with E-state index in [-0.39, 0.29) is 5.66 Å². The number of aryl methyl sites for hydroxylation is 2. The molecular weight excluding hydrogens is 339 g/mol. The summed E-state index contributed by atoms with van der Waals surface area (Å²) in [5, 5.41) is 2.65. The average Bonchev–Trinajstić information content (AvgIpc) is 3.29. The fraction of sp³-hybridized carbons (Fsp3) is 0.143. The minimum Gasteiger partial charge on any atom is -0.337 e. The third-order valence-corrected chi connectivity index (χ3v) is 7.22. The molecule has 0 spiro atoms. The molecule has 0 N–H and O–H groups in total. The van der Waals surface area contributed by atoms with E-state index < -0.39 is 7.92 Å². The molecule has 0 saturated carbocycles. The second-order valence-electron chi connectivity index (χ2n) is 6.24. The topological polar surface area (TPSA) is 35.6 Å². The van der Waals surface area contributed by atoms with Gasteiger partial charge >= 0.3 is 0 Å². The average molecular weight is 360 g/mol. The third kappa shape index (κ3) is 3.09. The number of hydrogen-bond donors (Lipinski definition) is 0. The van der Waals surface area contributed by atoms with Crippen molar-refractivity contribution >= 4 is 18.5 Å². The first-order valence-electron chi connectivity index (χ1n) is 8.59. The van der Waals surface area contributed by atoms with Gasteiger partial charge < -0.3 is 9.13 Å². The number of aromatic nitrogens is 4. The van der Waals surface area contributed by atoms with Gasteiger partial charge in [-0.15, -0.1) is 0 Å². The molecule has 4 nitrogen and oxygen atoms in total. The van der Waals surface area contributed by atoms with Crippen LogP contribution >= 0.6 is 7.92 Å². The molecule has 0 fully saturated rings. The molecule has 0 aliphatic rings. The lowest BCUT2D eigenvalue weighted by Crippen LogP contribution is -2.22. The van der Waals surface area contributed by atoms with E-state index in [1.54, 1.807) is 0 Å². The van der Waals surface area contributed by atoms with Crippen LogP contribution in [0, 0.1) is 0 Å². The Balaban J connectivity index is 1.96. The number of hydrogen-bond acceptors (Lipinski definition) is 2. The van der Waals surface area contributed by atoms with Crippen LogP contribution in [0.3, 0.4) is 0 Å². The normalized spacial score (nSPS) is 11.4. The number of benzene rings is 2. The Bertz CT molecular complexity index is 896. The Morgan fingerprint density at radius 1 is 0.692 bits per heavy atom. The van der Waals surface area contributed by atoms with E-state index in [1.807, 2.05) is 24.8 Å². The molecule has 4 rings (SSSR count). The summed E-state index contributed by atoms with van der Waals surface area (Å²) >= 11 is 0. The van der Waals surface area contributed by atoms with Crippen LogP contribution in [0.4, 0.5) is 0 Å². The summed E-state index contributed by atoms with van der Waals surface area (Å²) in [5.74, 6) is 2.08. The highest BCUT2D eigenvalue weighted by Gasteiger charge is 2.33. The first-order chi connectivity index (χ1) is 12.8. The summed E-state index contributed by atoms with van der Waals surface area (Å²) in [7, 11) is 3.40. The standard InChI is InChI=1S/C21H21N4P/c1-24-15-13-22-20(24)19(21-23-14-16-25(21)2)26(17-9-5-3-6-10-17)18-11-7-4-8-12-18/h3-16,19H,1-2H3. The van der Waals surface area contributed by atoms with Gasteiger partial charge in [0.15, 0.2) is 0 Å². The van der Waals surface area contributed by atoms with Gasteiger partial charge in [-0.25, -0.2) is 9.97 Å². The van der Waals surface area contributed by atoms with Gasteiger partial charge in [0.1, 0.15) is 17.3 Å². The van der Waals surface area contributed by atoms with Crippen LogP contribution in [0.1, 0.15) is 17.3 Å². The maximum atomic E-state index is 4.71.